The van der Waals surface area contributed by atoms with Crippen molar-refractivity contribution in [3.63, 3.8) is 0 Å². The van der Waals surface area contributed by atoms with Crippen LogP contribution in [0.5, 0.6) is 11.5 Å². The standard InChI is InChI=1S/C23H22ClF2N3O4/c1-13-21(14-4-6-17(26)16(24)10-14)28-22(29(13)2)18(30)12-27-23(31)15-5-7-19(33-9-8-25)20(11-15)32-3/h4-7,10-11H,8-9,12H2,1-3H3,(H,27,31). The van der Waals surface area contributed by atoms with E-state index in [2.05, 4.69) is 10.3 Å². The first kappa shape index (κ1) is 24.2. The molecule has 3 rings (SSSR count). The maximum Gasteiger partial charge on any atom is 0.251 e. The summed E-state index contributed by atoms with van der Waals surface area (Å²) < 4.78 is 37.8. The van der Waals surface area contributed by atoms with Crippen LogP contribution in [0.25, 0.3) is 11.3 Å². The first-order valence-electron chi connectivity index (χ1n) is 9.93. The van der Waals surface area contributed by atoms with Crippen LogP contribution in [0.15, 0.2) is 36.4 Å². The Bertz CT molecular complexity index is 1200. The van der Waals surface area contributed by atoms with E-state index >= 15 is 0 Å². The van der Waals surface area contributed by atoms with Crippen molar-refractivity contribution < 1.29 is 27.8 Å². The van der Waals surface area contributed by atoms with Gasteiger partial charge in [-0.3, -0.25) is 9.59 Å². The molecule has 1 N–H and O–H groups in total. The number of hydrogen-bond acceptors (Lipinski definition) is 5. The second-order valence-corrected chi connectivity index (χ2v) is 7.47. The number of benzene rings is 2. The molecule has 1 aromatic heterocycles. The minimum Gasteiger partial charge on any atom is -0.493 e. The average Bonchev–Trinajstić information content (AvgIpc) is 3.12. The maximum absolute atomic E-state index is 13.5. The van der Waals surface area contributed by atoms with Gasteiger partial charge in [0.25, 0.3) is 5.91 Å². The van der Waals surface area contributed by atoms with Gasteiger partial charge in [-0.2, -0.15) is 0 Å². The van der Waals surface area contributed by atoms with E-state index in [-0.39, 0.29) is 35.3 Å². The van der Waals surface area contributed by atoms with Gasteiger partial charge in [0.15, 0.2) is 17.3 Å². The number of amides is 1. The van der Waals surface area contributed by atoms with Gasteiger partial charge in [-0.15, -0.1) is 0 Å². The van der Waals surface area contributed by atoms with Crippen LogP contribution in [-0.2, 0) is 7.05 Å². The van der Waals surface area contributed by atoms with E-state index in [1.807, 2.05) is 0 Å². The van der Waals surface area contributed by atoms with Crippen LogP contribution in [0, 0.1) is 12.7 Å². The van der Waals surface area contributed by atoms with E-state index in [4.69, 9.17) is 21.1 Å². The van der Waals surface area contributed by atoms with Crippen molar-refractivity contribution in [2.45, 2.75) is 6.92 Å². The minimum atomic E-state index is -0.657. The number of Topliss-reactive ketones (excluding diaryl/α,β-unsaturated/α-hetero) is 1. The predicted molar refractivity (Wildman–Crippen MR) is 119 cm³/mol. The summed E-state index contributed by atoms with van der Waals surface area (Å²) in [6.45, 7) is 0.685. The summed E-state index contributed by atoms with van der Waals surface area (Å²) >= 11 is 5.87. The summed E-state index contributed by atoms with van der Waals surface area (Å²) in [4.78, 5) is 29.7. The largest absolute Gasteiger partial charge is 0.493 e. The molecule has 0 aliphatic rings. The Labute approximate surface area is 194 Å². The molecule has 3 aromatic rings. The molecule has 0 aliphatic carbocycles. The highest BCUT2D eigenvalue weighted by atomic mass is 35.5. The highest BCUT2D eigenvalue weighted by Gasteiger charge is 2.20. The third-order valence-corrected chi connectivity index (χ3v) is 5.28. The molecule has 33 heavy (non-hydrogen) atoms. The van der Waals surface area contributed by atoms with Crippen LogP contribution in [0.1, 0.15) is 26.7 Å². The second kappa shape index (κ2) is 10.4. The molecule has 1 heterocycles. The fourth-order valence-corrected chi connectivity index (χ4v) is 3.34. The Balaban J connectivity index is 1.73. The van der Waals surface area contributed by atoms with Gasteiger partial charge >= 0.3 is 0 Å². The summed E-state index contributed by atoms with van der Waals surface area (Å²) in [7, 11) is 3.07. The third-order valence-electron chi connectivity index (χ3n) is 4.99. The first-order valence-corrected chi connectivity index (χ1v) is 10.3. The molecule has 10 heteroatoms. The number of carbonyl (C=O) groups is 2. The molecule has 2 aromatic carbocycles. The monoisotopic (exact) mass is 477 g/mol. The van der Waals surface area contributed by atoms with E-state index in [0.717, 1.165) is 0 Å². The summed E-state index contributed by atoms with van der Waals surface area (Å²) in [6.07, 6.45) is 0. The van der Waals surface area contributed by atoms with Crippen molar-refractivity contribution in [1.29, 1.82) is 0 Å². The number of imidazole rings is 1. The van der Waals surface area contributed by atoms with Crippen molar-refractivity contribution in [3.8, 4) is 22.8 Å². The maximum atomic E-state index is 13.5. The number of ketones is 1. The Morgan fingerprint density at radius 2 is 1.94 bits per heavy atom. The Kier molecular flexibility index (Phi) is 7.65. The van der Waals surface area contributed by atoms with Crippen molar-refractivity contribution in [3.05, 3.63) is 64.3 Å². The lowest BCUT2D eigenvalue weighted by atomic mass is 10.1. The molecule has 0 fully saturated rings. The zero-order valence-corrected chi connectivity index (χ0v) is 19.0. The zero-order valence-electron chi connectivity index (χ0n) is 18.2. The van der Waals surface area contributed by atoms with Crippen molar-refractivity contribution in [2.24, 2.45) is 7.05 Å². The molecule has 0 bridgehead atoms. The number of rotatable bonds is 9. The molecule has 0 aliphatic heterocycles. The van der Waals surface area contributed by atoms with Crippen LogP contribution < -0.4 is 14.8 Å². The normalized spacial score (nSPS) is 10.7. The molecule has 0 unspecified atom stereocenters. The number of halogens is 3. The second-order valence-electron chi connectivity index (χ2n) is 7.07. The van der Waals surface area contributed by atoms with E-state index in [1.165, 1.54) is 43.5 Å². The van der Waals surface area contributed by atoms with Crippen molar-refractivity contribution in [2.75, 3.05) is 26.9 Å². The summed E-state index contributed by atoms with van der Waals surface area (Å²) in [5, 5.41) is 2.51. The zero-order chi connectivity index (χ0) is 24.1. The van der Waals surface area contributed by atoms with Crippen LogP contribution in [0.2, 0.25) is 5.02 Å². The molecule has 0 atom stereocenters. The van der Waals surface area contributed by atoms with Gasteiger partial charge in [-0.05, 0) is 43.3 Å². The van der Waals surface area contributed by atoms with E-state index < -0.39 is 24.2 Å². The average molecular weight is 478 g/mol. The third kappa shape index (κ3) is 5.31. The Hall–Kier alpha value is -3.46. The highest BCUT2D eigenvalue weighted by Crippen LogP contribution is 2.29. The number of aromatic nitrogens is 2. The molecular weight excluding hydrogens is 456 g/mol. The smallest absolute Gasteiger partial charge is 0.251 e. The lowest BCUT2D eigenvalue weighted by Gasteiger charge is -2.11. The molecule has 174 valence electrons. The van der Waals surface area contributed by atoms with Crippen molar-refractivity contribution >= 4 is 23.3 Å². The molecule has 0 spiro atoms. The fraction of sp³-hybridized carbons (Fsp3) is 0.261. The number of carbonyl (C=O) groups excluding carboxylic acids is 2. The van der Waals surface area contributed by atoms with Gasteiger partial charge < -0.3 is 19.4 Å². The number of hydrogen-bond donors (Lipinski definition) is 1. The van der Waals surface area contributed by atoms with Crippen LogP contribution in [0.4, 0.5) is 8.78 Å². The van der Waals surface area contributed by atoms with E-state index in [1.54, 1.807) is 18.5 Å². The molecule has 0 saturated carbocycles. The number of nitrogens with one attached hydrogen (secondary N) is 1. The van der Waals surface area contributed by atoms with E-state index in [9.17, 15) is 18.4 Å². The Morgan fingerprint density at radius 3 is 2.61 bits per heavy atom. The summed E-state index contributed by atoms with van der Waals surface area (Å²) in [5.41, 5.74) is 1.98. The summed E-state index contributed by atoms with van der Waals surface area (Å²) in [5.74, 6) is -0.759. The predicted octanol–water partition coefficient (Wildman–Crippen LogP) is 4.16. The number of ether oxygens (including phenoxy) is 2. The van der Waals surface area contributed by atoms with Gasteiger partial charge in [-0.1, -0.05) is 11.6 Å². The highest BCUT2D eigenvalue weighted by molar-refractivity contribution is 6.31. The van der Waals surface area contributed by atoms with E-state index in [0.29, 0.717) is 22.7 Å². The molecule has 7 nitrogen and oxygen atoms in total. The Morgan fingerprint density at radius 1 is 1.18 bits per heavy atom. The van der Waals surface area contributed by atoms with Crippen LogP contribution in [0.3, 0.4) is 0 Å². The SMILES string of the molecule is COc1cc(C(=O)NCC(=O)c2nc(-c3ccc(F)c(Cl)c3)c(C)n2C)ccc1OCCF. The number of alkyl halides is 1. The topological polar surface area (TPSA) is 82.5 Å². The molecule has 1 amide bonds. The quantitative estimate of drug-likeness (QED) is 0.468. The lowest BCUT2D eigenvalue weighted by molar-refractivity contribution is 0.0898. The first-order chi connectivity index (χ1) is 15.8. The molecular formula is C23H22ClF2N3O4. The molecule has 0 saturated heterocycles. The van der Waals surface area contributed by atoms with Gasteiger partial charge in [0.1, 0.15) is 19.1 Å². The van der Waals surface area contributed by atoms with Crippen LogP contribution >= 0.6 is 11.6 Å². The molecule has 0 radical (unpaired) electrons. The summed E-state index contributed by atoms with van der Waals surface area (Å²) in [6, 6.07) is 8.62. The van der Waals surface area contributed by atoms with Gasteiger partial charge in [0.2, 0.25) is 5.78 Å². The number of methoxy groups -OCH3 is 1. The minimum absolute atomic E-state index is 0.0470. The van der Waals surface area contributed by atoms with Crippen molar-refractivity contribution in [1.82, 2.24) is 14.9 Å². The van der Waals surface area contributed by atoms with Gasteiger partial charge in [-0.25, -0.2) is 13.8 Å². The van der Waals surface area contributed by atoms with Gasteiger partial charge in [0, 0.05) is 23.9 Å². The lowest BCUT2D eigenvalue weighted by Crippen LogP contribution is -2.30. The van der Waals surface area contributed by atoms with Gasteiger partial charge in [0.05, 0.1) is 24.4 Å². The van der Waals surface area contributed by atoms with Crippen LogP contribution in [-0.4, -0.2) is 48.2 Å². The fourth-order valence-electron chi connectivity index (χ4n) is 3.16. The number of nitrogens with zero attached hydrogens (tertiary/aromatic N) is 2.